The van der Waals surface area contributed by atoms with Crippen molar-refractivity contribution in [2.45, 2.75) is 77.1 Å². The summed E-state index contributed by atoms with van der Waals surface area (Å²) in [6, 6.07) is 2.75. The molecule has 9 heteroatoms. The first kappa shape index (κ1) is 27.9. The molecule has 1 aromatic rings. The maximum absolute atomic E-state index is 14.7. The van der Waals surface area contributed by atoms with Crippen LogP contribution in [0.4, 0.5) is 4.39 Å². The summed E-state index contributed by atoms with van der Waals surface area (Å²) in [7, 11) is 0. The Morgan fingerprint density at radius 1 is 1.40 bits per heavy atom. The van der Waals surface area contributed by atoms with Crippen LogP contribution in [-0.2, 0) is 25.6 Å². The second-order valence-electron chi connectivity index (χ2n) is 10.7. The van der Waals surface area contributed by atoms with Crippen molar-refractivity contribution in [2.24, 2.45) is 5.92 Å². The van der Waals surface area contributed by atoms with Crippen molar-refractivity contribution in [3.8, 4) is 5.75 Å². The third kappa shape index (κ3) is 6.98. The zero-order chi connectivity index (χ0) is 26.0. The van der Waals surface area contributed by atoms with Crippen molar-refractivity contribution in [1.29, 1.82) is 0 Å². The topological polar surface area (TPSA) is 83.1 Å². The molecule has 0 radical (unpaired) electrons. The minimum absolute atomic E-state index is 0.0238. The molecule has 0 aromatic heterocycles. The van der Waals surface area contributed by atoms with Crippen LogP contribution in [0.25, 0.3) is 0 Å². The van der Waals surface area contributed by atoms with Crippen molar-refractivity contribution in [3.05, 3.63) is 41.7 Å². The van der Waals surface area contributed by atoms with E-state index in [0.29, 0.717) is 42.8 Å². The van der Waals surface area contributed by atoms with Crippen LogP contribution in [0.3, 0.4) is 0 Å². The van der Waals surface area contributed by atoms with E-state index in [0.717, 1.165) is 0 Å². The summed E-state index contributed by atoms with van der Waals surface area (Å²) in [5.41, 5.74) is 1.11. The van der Waals surface area contributed by atoms with Crippen LogP contribution in [0.1, 0.15) is 64.6 Å². The van der Waals surface area contributed by atoms with Crippen molar-refractivity contribution >= 4 is 17.3 Å². The second kappa shape index (κ2) is 11.2. The van der Waals surface area contributed by atoms with Gasteiger partial charge in [-0.25, -0.2) is 4.39 Å². The predicted octanol–water partition coefficient (Wildman–Crippen LogP) is 4.18. The van der Waals surface area contributed by atoms with Crippen molar-refractivity contribution in [3.63, 3.8) is 0 Å². The molecule has 2 saturated heterocycles. The Labute approximate surface area is 211 Å². The lowest BCUT2D eigenvalue weighted by molar-refractivity contribution is -0.161. The number of hydrogen-bond acceptors (Lipinski definition) is 6. The molecule has 0 spiro atoms. The van der Waals surface area contributed by atoms with Crippen molar-refractivity contribution in [1.82, 2.24) is 9.62 Å². The molecule has 196 valence electrons. The Morgan fingerprint density at radius 3 is 2.60 bits per heavy atom. The highest BCUT2D eigenvalue weighted by Crippen LogP contribution is 2.39. The smallest absolute Gasteiger partial charge is 0.254 e. The number of carbonyl (C=O) groups excluding carboxylic acids is 1. The molecule has 3 rings (SSSR count). The maximum atomic E-state index is 14.7. The summed E-state index contributed by atoms with van der Waals surface area (Å²) >= 11 is -1.39. The highest BCUT2D eigenvalue weighted by molar-refractivity contribution is 7.90. The zero-order valence-electron chi connectivity index (χ0n) is 21.7. The second-order valence-corrected chi connectivity index (χ2v) is 12.7. The molecular formula is C26H39FN2O5S. The SMILES string of the molecule is C=CCOc1cc(C)c(F)cc1C(N[S+]([O-])C(C)(C)C)C1CCN(C(=O)[C@H]2COC(C)(C)O2)CC1. The first-order chi connectivity index (χ1) is 16.3. The standard InChI is InChI=1S/C26H39FN2O5S/c1-8-13-32-21-14-17(2)20(27)15-19(21)23(28-35(31)25(3,4)5)18-9-11-29(12-10-18)24(30)22-16-33-26(6,7)34-22/h8,14-15,18,22-23,28H,1,9-13,16H2,2-7H3/t22-,23?,35?/m1/s1. The molecular weight excluding hydrogens is 471 g/mol. The van der Waals surface area contributed by atoms with E-state index in [4.69, 9.17) is 14.2 Å². The Balaban J connectivity index is 1.82. The predicted molar refractivity (Wildman–Crippen MR) is 135 cm³/mol. The third-order valence-corrected chi connectivity index (χ3v) is 7.96. The number of rotatable bonds is 8. The zero-order valence-corrected chi connectivity index (χ0v) is 22.5. The van der Waals surface area contributed by atoms with E-state index in [2.05, 4.69) is 11.3 Å². The number of nitrogens with one attached hydrogen (secondary N) is 1. The van der Waals surface area contributed by atoms with Gasteiger partial charge in [0.15, 0.2) is 11.9 Å². The lowest BCUT2D eigenvalue weighted by Gasteiger charge is -2.38. The van der Waals surface area contributed by atoms with Crippen LogP contribution in [-0.4, -0.2) is 58.3 Å². The number of ether oxygens (including phenoxy) is 3. The highest BCUT2D eigenvalue weighted by atomic mass is 32.2. The number of nitrogens with zero attached hydrogens (tertiary/aromatic N) is 1. The fourth-order valence-corrected chi connectivity index (χ4v) is 5.26. The van der Waals surface area contributed by atoms with Crippen molar-refractivity contribution in [2.75, 3.05) is 26.3 Å². The van der Waals surface area contributed by atoms with E-state index in [-0.39, 0.29) is 30.9 Å². The van der Waals surface area contributed by atoms with Gasteiger partial charge in [0.25, 0.3) is 5.91 Å². The molecule has 0 bridgehead atoms. The van der Waals surface area contributed by atoms with Crippen LogP contribution in [0.2, 0.25) is 0 Å². The molecule has 35 heavy (non-hydrogen) atoms. The van der Waals surface area contributed by atoms with Gasteiger partial charge < -0.3 is 23.7 Å². The quantitative estimate of drug-likeness (QED) is 0.417. The number of likely N-dealkylation sites (tertiary alicyclic amines) is 1. The van der Waals surface area contributed by atoms with Crippen LogP contribution >= 0.6 is 0 Å². The average Bonchev–Trinajstić information content (AvgIpc) is 3.16. The van der Waals surface area contributed by atoms with E-state index in [1.807, 2.05) is 20.8 Å². The van der Waals surface area contributed by atoms with Crippen molar-refractivity contribution < 1.29 is 27.9 Å². The van der Waals surface area contributed by atoms with E-state index in [1.54, 1.807) is 37.8 Å². The van der Waals surface area contributed by atoms with Gasteiger partial charge >= 0.3 is 0 Å². The Kier molecular flexibility index (Phi) is 8.91. The minimum Gasteiger partial charge on any atom is -0.598 e. The monoisotopic (exact) mass is 510 g/mol. The summed E-state index contributed by atoms with van der Waals surface area (Å²) in [5.74, 6) is -0.608. The van der Waals surface area contributed by atoms with E-state index in [1.165, 1.54) is 6.07 Å². The number of aryl methyl sites for hydroxylation is 1. The molecule has 2 heterocycles. The fraction of sp³-hybridized carbons (Fsp3) is 0.654. The molecule has 0 aliphatic carbocycles. The summed E-state index contributed by atoms with van der Waals surface area (Å²) in [5, 5.41) is 0. The van der Waals surface area contributed by atoms with E-state index < -0.39 is 34.0 Å². The molecule has 7 nitrogen and oxygen atoms in total. The maximum Gasteiger partial charge on any atom is 0.254 e. The Hall–Kier alpha value is -1.65. The Bertz CT molecular complexity index is 912. The first-order valence-electron chi connectivity index (χ1n) is 12.1. The van der Waals surface area contributed by atoms with Gasteiger partial charge in [-0.1, -0.05) is 12.7 Å². The van der Waals surface area contributed by atoms with Crippen LogP contribution < -0.4 is 9.46 Å². The largest absolute Gasteiger partial charge is 0.598 e. The van der Waals surface area contributed by atoms with E-state index in [9.17, 15) is 13.7 Å². The molecule has 1 N–H and O–H groups in total. The number of hydrogen-bond donors (Lipinski definition) is 1. The average molecular weight is 511 g/mol. The lowest BCUT2D eigenvalue weighted by atomic mass is 9.85. The van der Waals surface area contributed by atoms with Gasteiger partial charge in [-0.3, -0.25) is 4.79 Å². The van der Waals surface area contributed by atoms with Gasteiger partial charge in [-0.2, -0.15) is 0 Å². The van der Waals surface area contributed by atoms with Gasteiger partial charge in [0, 0.05) is 30.0 Å². The summed E-state index contributed by atoms with van der Waals surface area (Å²) in [4.78, 5) is 14.8. The Morgan fingerprint density at radius 2 is 2.06 bits per heavy atom. The van der Waals surface area contributed by atoms with Crippen LogP contribution in [0.15, 0.2) is 24.8 Å². The van der Waals surface area contributed by atoms with Crippen LogP contribution in [0.5, 0.6) is 5.75 Å². The molecule has 2 unspecified atom stereocenters. The van der Waals surface area contributed by atoms with Gasteiger partial charge in [0.2, 0.25) is 0 Å². The molecule has 0 saturated carbocycles. The summed E-state index contributed by atoms with van der Waals surface area (Å²) < 4.78 is 47.8. The molecule has 2 aliphatic heterocycles. The molecule has 3 atom stereocenters. The third-order valence-electron chi connectivity index (χ3n) is 6.38. The number of carbonyl (C=O) groups is 1. The number of halogens is 1. The lowest BCUT2D eigenvalue weighted by Crippen LogP contribution is -2.48. The first-order valence-corrected chi connectivity index (χ1v) is 13.3. The minimum atomic E-state index is -1.39. The molecule has 1 amide bonds. The molecule has 2 fully saturated rings. The fourth-order valence-electron chi connectivity index (χ4n) is 4.36. The normalized spacial score (nSPS) is 22.6. The highest BCUT2D eigenvalue weighted by Gasteiger charge is 2.41. The van der Waals surface area contributed by atoms with Gasteiger partial charge in [-0.15, -0.1) is 4.72 Å². The summed E-state index contributed by atoms with van der Waals surface area (Å²) in [6.07, 6.45) is 2.36. The van der Waals surface area contributed by atoms with E-state index >= 15 is 0 Å². The number of benzene rings is 1. The van der Waals surface area contributed by atoms with Crippen LogP contribution in [0, 0.1) is 18.7 Å². The van der Waals surface area contributed by atoms with Gasteiger partial charge in [-0.05, 0) is 78.0 Å². The van der Waals surface area contributed by atoms with Gasteiger partial charge in [0.05, 0.1) is 12.6 Å². The molecule has 2 aliphatic rings. The number of piperidine rings is 1. The number of amides is 1. The van der Waals surface area contributed by atoms with Gasteiger partial charge in [0.1, 0.15) is 22.9 Å². The summed E-state index contributed by atoms with van der Waals surface area (Å²) in [6.45, 7) is 16.2. The molecule has 1 aromatic carbocycles.